The van der Waals surface area contributed by atoms with E-state index in [4.69, 9.17) is 16.0 Å². The maximum atomic E-state index is 13.7. The van der Waals surface area contributed by atoms with Crippen molar-refractivity contribution < 1.29 is 18.7 Å². The molecule has 6 heteroatoms. The summed E-state index contributed by atoms with van der Waals surface area (Å²) in [6.45, 7) is -0.360. The zero-order valence-corrected chi connectivity index (χ0v) is 10.5. The molecule has 1 aromatic carbocycles. The number of nitrogens with one attached hydrogen (secondary N) is 1. The van der Waals surface area contributed by atoms with Crippen LogP contribution in [-0.4, -0.2) is 17.6 Å². The molecule has 0 fully saturated rings. The van der Waals surface area contributed by atoms with Gasteiger partial charge in [0.2, 0.25) is 0 Å². The predicted octanol–water partition coefficient (Wildman–Crippen LogP) is 2.54. The summed E-state index contributed by atoms with van der Waals surface area (Å²) >= 11 is 5.60. The van der Waals surface area contributed by atoms with Gasteiger partial charge in [0, 0.05) is 0 Å². The van der Waals surface area contributed by atoms with Gasteiger partial charge in [0.25, 0.3) is 5.91 Å². The molecule has 2 aromatic rings. The average Bonchev–Trinajstić information content (AvgIpc) is 2.92. The van der Waals surface area contributed by atoms with E-state index in [0.717, 1.165) is 0 Å². The molecule has 1 unspecified atom stereocenters. The minimum Gasteiger partial charge on any atom is -0.467 e. The SMILES string of the molecule is O=C(NC(CO)c1ccco1)c1cccc(Cl)c1F. The number of carbonyl (C=O) groups excluding carboxylic acids is 1. The number of hydrogen-bond donors (Lipinski definition) is 2. The van der Waals surface area contributed by atoms with Crippen molar-refractivity contribution in [3.63, 3.8) is 0 Å². The Morgan fingerprint density at radius 2 is 2.21 bits per heavy atom. The van der Waals surface area contributed by atoms with Crippen LogP contribution in [0.3, 0.4) is 0 Å². The fraction of sp³-hybridized carbons (Fsp3) is 0.154. The molecule has 4 nitrogen and oxygen atoms in total. The first kappa shape index (κ1) is 13.6. The molecule has 0 spiro atoms. The van der Waals surface area contributed by atoms with Gasteiger partial charge in [-0.1, -0.05) is 17.7 Å². The van der Waals surface area contributed by atoms with Crippen LogP contribution in [0.1, 0.15) is 22.2 Å². The number of hydrogen-bond acceptors (Lipinski definition) is 3. The molecule has 0 aliphatic carbocycles. The van der Waals surface area contributed by atoms with Gasteiger partial charge in [0.05, 0.1) is 23.5 Å². The second kappa shape index (κ2) is 5.86. The second-order valence-electron chi connectivity index (χ2n) is 3.83. The van der Waals surface area contributed by atoms with Gasteiger partial charge >= 0.3 is 0 Å². The van der Waals surface area contributed by atoms with Crippen molar-refractivity contribution in [3.8, 4) is 0 Å². The quantitative estimate of drug-likeness (QED) is 0.906. The number of rotatable bonds is 4. The third-order valence-corrected chi connectivity index (χ3v) is 2.86. The molecule has 2 N–H and O–H groups in total. The van der Waals surface area contributed by atoms with E-state index in [1.54, 1.807) is 12.1 Å². The summed E-state index contributed by atoms with van der Waals surface area (Å²) in [6.07, 6.45) is 1.42. The molecule has 0 radical (unpaired) electrons. The van der Waals surface area contributed by atoms with Crippen LogP contribution in [0.25, 0.3) is 0 Å². The summed E-state index contributed by atoms with van der Waals surface area (Å²) in [6, 6.07) is 6.64. The van der Waals surface area contributed by atoms with Crippen LogP contribution in [0.2, 0.25) is 5.02 Å². The molecule has 0 saturated carbocycles. The Kier molecular flexibility index (Phi) is 4.19. The normalized spacial score (nSPS) is 12.2. The summed E-state index contributed by atoms with van der Waals surface area (Å²) in [5.41, 5.74) is -0.183. The topological polar surface area (TPSA) is 62.5 Å². The second-order valence-corrected chi connectivity index (χ2v) is 4.23. The van der Waals surface area contributed by atoms with Crippen LogP contribution in [0.4, 0.5) is 4.39 Å². The number of carbonyl (C=O) groups is 1. The Labute approximate surface area is 113 Å². The number of benzene rings is 1. The zero-order valence-electron chi connectivity index (χ0n) is 9.77. The van der Waals surface area contributed by atoms with Crippen molar-refractivity contribution >= 4 is 17.5 Å². The minimum atomic E-state index is -0.794. The first-order valence-electron chi connectivity index (χ1n) is 5.52. The van der Waals surface area contributed by atoms with Crippen LogP contribution >= 0.6 is 11.6 Å². The summed E-state index contributed by atoms with van der Waals surface area (Å²) in [4.78, 5) is 11.9. The van der Waals surface area contributed by atoms with Crippen LogP contribution in [0, 0.1) is 5.82 Å². The molecule has 1 aromatic heterocycles. The molecule has 0 saturated heterocycles. The van der Waals surface area contributed by atoms with Crippen molar-refractivity contribution in [2.75, 3.05) is 6.61 Å². The van der Waals surface area contributed by atoms with E-state index in [0.29, 0.717) is 5.76 Å². The maximum absolute atomic E-state index is 13.7. The predicted molar refractivity (Wildman–Crippen MR) is 67.4 cm³/mol. The smallest absolute Gasteiger partial charge is 0.254 e. The molecule has 1 amide bonds. The standard InChI is InChI=1S/C13H11ClFNO3/c14-9-4-1-3-8(12(9)15)13(18)16-10(7-17)11-5-2-6-19-11/h1-6,10,17H,7H2,(H,16,18). The molecular weight excluding hydrogens is 273 g/mol. The molecule has 0 aliphatic heterocycles. The molecule has 0 aliphatic rings. The van der Waals surface area contributed by atoms with E-state index in [-0.39, 0.29) is 17.2 Å². The lowest BCUT2D eigenvalue weighted by Crippen LogP contribution is -2.31. The van der Waals surface area contributed by atoms with E-state index in [2.05, 4.69) is 5.32 Å². The maximum Gasteiger partial charge on any atom is 0.254 e. The number of amides is 1. The molecule has 2 rings (SSSR count). The monoisotopic (exact) mass is 283 g/mol. The zero-order chi connectivity index (χ0) is 13.8. The van der Waals surface area contributed by atoms with Crippen molar-refractivity contribution in [2.45, 2.75) is 6.04 Å². The van der Waals surface area contributed by atoms with Gasteiger partial charge in [-0.3, -0.25) is 4.79 Å². The Balaban J connectivity index is 2.18. The third-order valence-electron chi connectivity index (χ3n) is 2.57. The first-order valence-corrected chi connectivity index (χ1v) is 5.90. The van der Waals surface area contributed by atoms with Crippen molar-refractivity contribution in [3.05, 3.63) is 58.8 Å². The van der Waals surface area contributed by atoms with Gasteiger partial charge in [-0.25, -0.2) is 4.39 Å². The Morgan fingerprint density at radius 3 is 2.84 bits per heavy atom. The highest BCUT2D eigenvalue weighted by atomic mass is 35.5. The van der Waals surface area contributed by atoms with E-state index in [9.17, 15) is 14.3 Å². The van der Waals surface area contributed by atoms with Crippen molar-refractivity contribution in [1.29, 1.82) is 0 Å². The lowest BCUT2D eigenvalue weighted by Gasteiger charge is -2.14. The molecule has 19 heavy (non-hydrogen) atoms. The van der Waals surface area contributed by atoms with Gasteiger partial charge in [0.15, 0.2) is 5.82 Å². The largest absolute Gasteiger partial charge is 0.467 e. The Hall–Kier alpha value is -1.85. The van der Waals surface area contributed by atoms with E-state index >= 15 is 0 Å². The van der Waals surface area contributed by atoms with Gasteiger partial charge in [0.1, 0.15) is 11.8 Å². The van der Waals surface area contributed by atoms with Crippen molar-refractivity contribution in [2.24, 2.45) is 0 Å². The van der Waals surface area contributed by atoms with Crippen LogP contribution in [-0.2, 0) is 0 Å². The number of aliphatic hydroxyl groups is 1. The Bertz CT molecular complexity index is 571. The number of furan rings is 1. The molecule has 1 heterocycles. The van der Waals surface area contributed by atoms with E-state index in [1.165, 1.54) is 24.5 Å². The summed E-state index contributed by atoms with van der Waals surface area (Å²) in [5, 5.41) is 11.6. The fourth-order valence-electron chi connectivity index (χ4n) is 1.61. The minimum absolute atomic E-state index is 0.133. The summed E-state index contributed by atoms with van der Waals surface area (Å²) < 4.78 is 18.8. The lowest BCUT2D eigenvalue weighted by molar-refractivity contribution is 0.0903. The highest BCUT2D eigenvalue weighted by Crippen LogP contribution is 2.19. The molecular formula is C13H11ClFNO3. The highest BCUT2D eigenvalue weighted by molar-refractivity contribution is 6.31. The number of aliphatic hydroxyl groups excluding tert-OH is 1. The van der Waals surface area contributed by atoms with Crippen LogP contribution in [0.15, 0.2) is 41.0 Å². The third kappa shape index (κ3) is 2.94. The Morgan fingerprint density at radius 1 is 1.42 bits per heavy atom. The van der Waals surface area contributed by atoms with Crippen LogP contribution < -0.4 is 5.32 Å². The van der Waals surface area contributed by atoms with Gasteiger partial charge in [-0.05, 0) is 24.3 Å². The number of halogens is 2. The van der Waals surface area contributed by atoms with Gasteiger partial charge < -0.3 is 14.8 Å². The summed E-state index contributed by atoms with van der Waals surface area (Å²) in [7, 11) is 0. The summed E-state index contributed by atoms with van der Waals surface area (Å²) in [5.74, 6) is -1.08. The molecule has 100 valence electrons. The highest BCUT2D eigenvalue weighted by Gasteiger charge is 2.20. The molecule has 0 bridgehead atoms. The van der Waals surface area contributed by atoms with Crippen LogP contribution in [0.5, 0.6) is 0 Å². The van der Waals surface area contributed by atoms with Gasteiger partial charge in [-0.2, -0.15) is 0 Å². The van der Waals surface area contributed by atoms with E-state index in [1.807, 2.05) is 0 Å². The van der Waals surface area contributed by atoms with Gasteiger partial charge in [-0.15, -0.1) is 0 Å². The fourth-order valence-corrected chi connectivity index (χ4v) is 1.79. The molecule has 1 atom stereocenters. The lowest BCUT2D eigenvalue weighted by atomic mass is 10.1. The van der Waals surface area contributed by atoms with E-state index < -0.39 is 17.8 Å². The average molecular weight is 284 g/mol. The van der Waals surface area contributed by atoms with Crippen molar-refractivity contribution in [1.82, 2.24) is 5.32 Å². The first-order chi connectivity index (χ1) is 9.13.